The zero-order valence-electron chi connectivity index (χ0n) is 12.7. The van der Waals surface area contributed by atoms with Gasteiger partial charge in [0.15, 0.2) is 0 Å². The van der Waals surface area contributed by atoms with E-state index in [0.29, 0.717) is 6.54 Å². The van der Waals surface area contributed by atoms with Crippen LogP contribution in [0, 0.1) is 0 Å². The second-order valence-electron chi connectivity index (χ2n) is 5.44. The van der Waals surface area contributed by atoms with Crippen molar-refractivity contribution in [3.63, 3.8) is 0 Å². The van der Waals surface area contributed by atoms with Crippen LogP contribution in [-0.4, -0.2) is 15.6 Å². The molecule has 0 saturated heterocycles. The third-order valence-electron chi connectivity index (χ3n) is 3.95. The van der Waals surface area contributed by atoms with Crippen LogP contribution in [-0.2, 0) is 6.54 Å². The predicted octanol–water partition coefficient (Wildman–Crippen LogP) is 3.62. The van der Waals surface area contributed by atoms with Gasteiger partial charge in [-0.15, -0.1) is 0 Å². The topological polar surface area (TPSA) is 59.3 Å². The number of nitrogens with zero attached hydrogens (tertiary/aromatic N) is 1. The number of aromatic nitrogens is 1. The molecule has 21 heavy (non-hydrogen) atoms. The molecule has 0 saturated carbocycles. The molecule has 4 heteroatoms. The molecule has 112 valence electrons. The Balaban J connectivity index is 2.88. The van der Waals surface area contributed by atoms with Gasteiger partial charge in [0.05, 0.1) is 11.1 Å². The fourth-order valence-corrected chi connectivity index (χ4v) is 2.64. The van der Waals surface area contributed by atoms with E-state index in [0.717, 1.165) is 29.3 Å². The van der Waals surface area contributed by atoms with Crippen LogP contribution in [0.4, 0.5) is 0 Å². The summed E-state index contributed by atoms with van der Waals surface area (Å²) in [5.74, 6) is -0.730. The highest BCUT2D eigenvalue weighted by Gasteiger charge is 2.16. The molecule has 1 heterocycles. The van der Waals surface area contributed by atoms with Gasteiger partial charge in [0, 0.05) is 12.6 Å². The number of hydrogen-bond acceptors (Lipinski definition) is 2. The fraction of sp³-hybridized carbons (Fsp3) is 0.412. The number of carboxylic acid groups (broad SMARTS) is 1. The summed E-state index contributed by atoms with van der Waals surface area (Å²) in [4.78, 5) is 23.5. The largest absolute Gasteiger partial charge is 0.478 e. The first-order valence-corrected chi connectivity index (χ1v) is 7.40. The molecule has 0 aliphatic rings. The second-order valence-corrected chi connectivity index (χ2v) is 5.44. The maximum absolute atomic E-state index is 12.2. The number of aryl methyl sites for hydroxylation is 1. The van der Waals surface area contributed by atoms with Crippen molar-refractivity contribution in [2.24, 2.45) is 0 Å². The molecule has 1 N–H and O–H groups in total. The molecule has 0 fully saturated rings. The van der Waals surface area contributed by atoms with E-state index < -0.39 is 5.97 Å². The SMILES string of the molecule is CCCn1c(=O)ccc2cc(C(=O)O)cc(C(C)CC)c21. The van der Waals surface area contributed by atoms with Crippen LogP contribution in [0.15, 0.2) is 29.1 Å². The summed E-state index contributed by atoms with van der Waals surface area (Å²) in [7, 11) is 0. The molecule has 1 aromatic heterocycles. The van der Waals surface area contributed by atoms with Crippen LogP contribution in [0.25, 0.3) is 10.9 Å². The molecule has 1 unspecified atom stereocenters. The minimum Gasteiger partial charge on any atom is -0.478 e. The Kier molecular flexibility index (Phi) is 4.46. The summed E-state index contributed by atoms with van der Waals surface area (Å²) in [6.07, 6.45) is 1.76. The molecular weight excluding hydrogens is 266 g/mol. The third kappa shape index (κ3) is 2.84. The minimum atomic E-state index is -0.935. The van der Waals surface area contributed by atoms with Crippen LogP contribution in [0.3, 0.4) is 0 Å². The van der Waals surface area contributed by atoms with Gasteiger partial charge in [-0.3, -0.25) is 4.79 Å². The van der Waals surface area contributed by atoms with E-state index in [1.807, 2.05) is 6.92 Å². The summed E-state index contributed by atoms with van der Waals surface area (Å²) in [6, 6.07) is 6.60. The minimum absolute atomic E-state index is 0.0306. The van der Waals surface area contributed by atoms with Crippen LogP contribution in [0.1, 0.15) is 55.5 Å². The quantitative estimate of drug-likeness (QED) is 0.913. The number of benzene rings is 1. The lowest BCUT2D eigenvalue weighted by molar-refractivity contribution is 0.0697. The third-order valence-corrected chi connectivity index (χ3v) is 3.95. The number of fused-ring (bicyclic) bond motifs is 1. The summed E-state index contributed by atoms with van der Waals surface area (Å²) >= 11 is 0. The number of carboxylic acids is 1. The Morgan fingerprint density at radius 3 is 2.57 bits per heavy atom. The monoisotopic (exact) mass is 287 g/mol. The van der Waals surface area contributed by atoms with E-state index in [1.165, 1.54) is 6.07 Å². The number of hydrogen-bond donors (Lipinski definition) is 1. The molecule has 2 aromatic rings. The smallest absolute Gasteiger partial charge is 0.335 e. The summed E-state index contributed by atoms with van der Waals surface area (Å²) in [5.41, 5.74) is 2.07. The van der Waals surface area contributed by atoms with Gasteiger partial charge in [0.25, 0.3) is 5.56 Å². The van der Waals surface area contributed by atoms with E-state index in [-0.39, 0.29) is 17.0 Å². The molecule has 2 rings (SSSR count). The van der Waals surface area contributed by atoms with Gasteiger partial charge in [-0.25, -0.2) is 4.79 Å². The van der Waals surface area contributed by atoms with Gasteiger partial charge >= 0.3 is 5.97 Å². The Morgan fingerprint density at radius 2 is 2.00 bits per heavy atom. The molecule has 0 aliphatic heterocycles. The maximum atomic E-state index is 12.2. The van der Waals surface area contributed by atoms with Crippen molar-refractivity contribution in [1.82, 2.24) is 4.57 Å². The van der Waals surface area contributed by atoms with Gasteiger partial charge in [0.1, 0.15) is 0 Å². The Hall–Kier alpha value is -2.10. The molecule has 0 radical (unpaired) electrons. The van der Waals surface area contributed by atoms with Gasteiger partial charge < -0.3 is 9.67 Å². The molecule has 0 bridgehead atoms. The first kappa shape index (κ1) is 15.3. The average Bonchev–Trinajstić information content (AvgIpc) is 2.48. The predicted molar refractivity (Wildman–Crippen MR) is 84.2 cm³/mol. The zero-order valence-corrected chi connectivity index (χ0v) is 12.7. The van der Waals surface area contributed by atoms with Gasteiger partial charge in [-0.1, -0.05) is 20.8 Å². The number of carbonyl (C=O) groups is 1. The maximum Gasteiger partial charge on any atom is 0.335 e. The lowest BCUT2D eigenvalue weighted by atomic mass is 9.93. The molecule has 0 spiro atoms. The zero-order chi connectivity index (χ0) is 15.6. The van der Waals surface area contributed by atoms with E-state index in [1.54, 1.807) is 22.8 Å². The Morgan fingerprint density at radius 1 is 1.29 bits per heavy atom. The molecule has 0 aliphatic carbocycles. The first-order valence-electron chi connectivity index (χ1n) is 7.40. The lowest BCUT2D eigenvalue weighted by Gasteiger charge is -2.18. The summed E-state index contributed by atoms with van der Waals surface area (Å²) < 4.78 is 1.77. The van der Waals surface area contributed by atoms with Crippen LogP contribution >= 0.6 is 0 Å². The van der Waals surface area contributed by atoms with Crippen LogP contribution < -0.4 is 5.56 Å². The molecule has 1 atom stereocenters. The summed E-state index contributed by atoms with van der Waals surface area (Å²) in [5, 5.41) is 10.1. The lowest BCUT2D eigenvalue weighted by Crippen LogP contribution is -2.20. The van der Waals surface area contributed by atoms with E-state index in [2.05, 4.69) is 13.8 Å². The normalized spacial score (nSPS) is 12.5. The standard InChI is InChI=1S/C17H21NO3/c1-4-8-18-15(19)7-6-12-9-13(17(20)21)10-14(16(12)18)11(3)5-2/h6-7,9-11H,4-5,8H2,1-3H3,(H,20,21). The van der Waals surface area contributed by atoms with Gasteiger partial charge in [-0.05, 0) is 47.9 Å². The van der Waals surface area contributed by atoms with E-state index in [9.17, 15) is 14.7 Å². The number of rotatable bonds is 5. The van der Waals surface area contributed by atoms with Crippen molar-refractivity contribution in [1.29, 1.82) is 0 Å². The van der Waals surface area contributed by atoms with Gasteiger partial charge in [-0.2, -0.15) is 0 Å². The van der Waals surface area contributed by atoms with Gasteiger partial charge in [0.2, 0.25) is 0 Å². The van der Waals surface area contributed by atoms with Crippen molar-refractivity contribution in [2.45, 2.75) is 46.1 Å². The van der Waals surface area contributed by atoms with Crippen molar-refractivity contribution in [3.8, 4) is 0 Å². The Bertz CT molecular complexity index is 731. The number of aromatic carboxylic acids is 1. The number of pyridine rings is 1. The highest BCUT2D eigenvalue weighted by molar-refractivity contribution is 5.95. The van der Waals surface area contributed by atoms with E-state index in [4.69, 9.17) is 0 Å². The fourth-order valence-electron chi connectivity index (χ4n) is 2.64. The van der Waals surface area contributed by atoms with Crippen molar-refractivity contribution in [2.75, 3.05) is 0 Å². The molecular formula is C17H21NO3. The van der Waals surface area contributed by atoms with Crippen molar-refractivity contribution in [3.05, 3.63) is 45.7 Å². The molecule has 0 amide bonds. The first-order chi connectivity index (χ1) is 9.99. The molecule has 1 aromatic carbocycles. The van der Waals surface area contributed by atoms with Crippen LogP contribution in [0.5, 0.6) is 0 Å². The Labute approximate surface area is 124 Å². The van der Waals surface area contributed by atoms with E-state index >= 15 is 0 Å². The second kappa shape index (κ2) is 6.12. The van der Waals surface area contributed by atoms with Crippen molar-refractivity contribution >= 4 is 16.9 Å². The van der Waals surface area contributed by atoms with Crippen LogP contribution in [0.2, 0.25) is 0 Å². The summed E-state index contributed by atoms with van der Waals surface area (Å²) in [6.45, 7) is 6.80. The van der Waals surface area contributed by atoms with Crippen molar-refractivity contribution < 1.29 is 9.90 Å². The average molecular weight is 287 g/mol. The highest BCUT2D eigenvalue weighted by atomic mass is 16.4. The highest BCUT2D eigenvalue weighted by Crippen LogP contribution is 2.28. The molecule has 4 nitrogen and oxygen atoms in total.